The van der Waals surface area contributed by atoms with Gasteiger partial charge in [0.2, 0.25) is 0 Å². The molecule has 0 aliphatic heterocycles. The maximum absolute atomic E-state index is 10.3. The standard InChI is InChI=1S/C18H23NO/c1-12-5-8-17(15(4)9-12)19-11-18(20)16-7-6-13(2)14(3)10-16/h5-10,18-20H,11H2,1-4H3. The first-order valence-electron chi connectivity index (χ1n) is 7.03. The molecule has 1 unspecified atom stereocenters. The fourth-order valence-corrected chi connectivity index (χ4v) is 2.31. The minimum Gasteiger partial charge on any atom is -0.387 e. The van der Waals surface area contributed by atoms with Crippen molar-refractivity contribution in [3.63, 3.8) is 0 Å². The molecule has 0 fully saturated rings. The summed E-state index contributed by atoms with van der Waals surface area (Å²) in [4.78, 5) is 0. The Labute approximate surface area is 121 Å². The Morgan fingerprint density at radius 2 is 1.65 bits per heavy atom. The van der Waals surface area contributed by atoms with E-state index in [1.165, 1.54) is 22.3 Å². The summed E-state index contributed by atoms with van der Waals surface area (Å²) >= 11 is 0. The van der Waals surface area contributed by atoms with Crippen LogP contribution < -0.4 is 5.32 Å². The molecule has 0 radical (unpaired) electrons. The van der Waals surface area contributed by atoms with Crippen molar-refractivity contribution in [1.29, 1.82) is 0 Å². The number of aliphatic hydroxyl groups is 1. The predicted octanol–water partition coefficient (Wildman–Crippen LogP) is 4.07. The van der Waals surface area contributed by atoms with Crippen LogP contribution in [0, 0.1) is 27.7 Å². The molecule has 0 aliphatic rings. The highest BCUT2D eigenvalue weighted by atomic mass is 16.3. The average molecular weight is 269 g/mol. The summed E-state index contributed by atoms with van der Waals surface area (Å²) in [6.07, 6.45) is -0.491. The SMILES string of the molecule is Cc1ccc(NCC(O)c2ccc(C)c(C)c2)c(C)c1. The van der Waals surface area contributed by atoms with E-state index >= 15 is 0 Å². The average Bonchev–Trinajstić information content (AvgIpc) is 2.40. The quantitative estimate of drug-likeness (QED) is 0.877. The van der Waals surface area contributed by atoms with Crippen molar-refractivity contribution in [2.24, 2.45) is 0 Å². The molecule has 0 aromatic heterocycles. The Morgan fingerprint density at radius 1 is 0.900 bits per heavy atom. The van der Waals surface area contributed by atoms with E-state index in [1.54, 1.807) is 0 Å². The number of nitrogens with one attached hydrogen (secondary N) is 1. The van der Waals surface area contributed by atoms with E-state index in [-0.39, 0.29) is 0 Å². The molecule has 2 nitrogen and oxygen atoms in total. The molecule has 20 heavy (non-hydrogen) atoms. The number of hydrogen-bond acceptors (Lipinski definition) is 2. The van der Waals surface area contributed by atoms with Crippen molar-refractivity contribution in [2.75, 3.05) is 11.9 Å². The molecule has 1 atom stereocenters. The van der Waals surface area contributed by atoms with Crippen LogP contribution in [0.2, 0.25) is 0 Å². The summed E-state index contributed by atoms with van der Waals surface area (Å²) in [5.74, 6) is 0. The topological polar surface area (TPSA) is 32.3 Å². The molecule has 0 saturated heterocycles. The molecule has 106 valence electrons. The summed E-state index contributed by atoms with van der Waals surface area (Å²) in [6, 6.07) is 12.4. The number of benzene rings is 2. The highest BCUT2D eigenvalue weighted by molar-refractivity contribution is 5.52. The number of aliphatic hydroxyl groups excluding tert-OH is 1. The van der Waals surface area contributed by atoms with Crippen LogP contribution >= 0.6 is 0 Å². The predicted molar refractivity (Wildman–Crippen MR) is 85.3 cm³/mol. The number of aryl methyl sites for hydroxylation is 4. The Hall–Kier alpha value is -1.80. The zero-order valence-corrected chi connectivity index (χ0v) is 12.7. The zero-order chi connectivity index (χ0) is 14.7. The fourth-order valence-electron chi connectivity index (χ4n) is 2.31. The van der Waals surface area contributed by atoms with E-state index < -0.39 is 6.10 Å². The van der Waals surface area contributed by atoms with Crippen LogP contribution in [0.5, 0.6) is 0 Å². The van der Waals surface area contributed by atoms with Gasteiger partial charge in [-0.05, 0) is 56.0 Å². The molecule has 2 N–H and O–H groups in total. The lowest BCUT2D eigenvalue weighted by atomic mass is 10.0. The molecule has 0 heterocycles. The van der Waals surface area contributed by atoms with Crippen molar-refractivity contribution < 1.29 is 5.11 Å². The largest absolute Gasteiger partial charge is 0.387 e. The lowest BCUT2D eigenvalue weighted by Gasteiger charge is -2.16. The van der Waals surface area contributed by atoms with Gasteiger partial charge in [-0.25, -0.2) is 0 Å². The van der Waals surface area contributed by atoms with E-state index in [1.807, 2.05) is 6.07 Å². The first-order chi connectivity index (χ1) is 9.47. The Balaban J connectivity index is 2.04. The number of anilines is 1. The number of rotatable bonds is 4. The third-order valence-corrected chi connectivity index (χ3v) is 3.78. The van der Waals surface area contributed by atoms with Gasteiger partial charge in [-0.3, -0.25) is 0 Å². The van der Waals surface area contributed by atoms with Gasteiger partial charge in [-0.15, -0.1) is 0 Å². The number of hydrogen-bond donors (Lipinski definition) is 2. The van der Waals surface area contributed by atoms with Crippen molar-refractivity contribution in [2.45, 2.75) is 33.8 Å². The molecular formula is C18H23NO. The van der Waals surface area contributed by atoms with Gasteiger partial charge in [0.1, 0.15) is 0 Å². The van der Waals surface area contributed by atoms with E-state index in [0.29, 0.717) is 6.54 Å². The van der Waals surface area contributed by atoms with Crippen LogP contribution in [0.1, 0.15) is 33.9 Å². The molecule has 0 amide bonds. The van der Waals surface area contributed by atoms with Crippen LogP contribution in [-0.2, 0) is 0 Å². The lowest BCUT2D eigenvalue weighted by Crippen LogP contribution is -2.13. The summed E-state index contributed by atoms with van der Waals surface area (Å²) < 4.78 is 0. The summed E-state index contributed by atoms with van der Waals surface area (Å²) in [5.41, 5.74) is 6.97. The van der Waals surface area contributed by atoms with Gasteiger partial charge in [-0.1, -0.05) is 35.9 Å². The highest BCUT2D eigenvalue weighted by Crippen LogP contribution is 2.20. The second-order valence-electron chi connectivity index (χ2n) is 5.56. The molecule has 2 aromatic carbocycles. The maximum Gasteiger partial charge on any atom is 0.0962 e. The van der Waals surface area contributed by atoms with E-state index in [9.17, 15) is 5.11 Å². The van der Waals surface area contributed by atoms with Crippen LogP contribution in [0.25, 0.3) is 0 Å². The minimum atomic E-state index is -0.491. The van der Waals surface area contributed by atoms with Crippen molar-refractivity contribution in [3.8, 4) is 0 Å². The third kappa shape index (κ3) is 3.40. The second kappa shape index (κ2) is 6.10. The van der Waals surface area contributed by atoms with Gasteiger partial charge in [-0.2, -0.15) is 0 Å². The van der Waals surface area contributed by atoms with Gasteiger partial charge in [0.05, 0.1) is 6.10 Å². The normalized spacial score (nSPS) is 12.2. The fraction of sp³-hybridized carbons (Fsp3) is 0.333. The van der Waals surface area contributed by atoms with Crippen molar-refractivity contribution in [1.82, 2.24) is 0 Å². The lowest BCUT2D eigenvalue weighted by molar-refractivity contribution is 0.191. The summed E-state index contributed by atoms with van der Waals surface area (Å²) in [7, 11) is 0. The van der Waals surface area contributed by atoms with Crippen LogP contribution in [-0.4, -0.2) is 11.7 Å². The van der Waals surface area contributed by atoms with Crippen molar-refractivity contribution in [3.05, 3.63) is 64.2 Å². The van der Waals surface area contributed by atoms with Gasteiger partial charge >= 0.3 is 0 Å². The molecule has 0 spiro atoms. The summed E-state index contributed by atoms with van der Waals surface area (Å²) in [5, 5.41) is 13.6. The first-order valence-corrected chi connectivity index (χ1v) is 7.03. The molecule has 0 aliphatic carbocycles. The Bertz CT molecular complexity index is 604. The van der Waals surface area contributed by atoms with Gasteiger partial charge < -0.3 is 10.4 Å². The summed E-state index contributed by atoms with van der Waals surface area (Å²) in [6.45, 7) is 8.84. The molecule has 0 saturated carbocycles. The van der Waals surface area contributed by atoms with Gasteiger partial charge in [0.25, 0.3) is 0 Å². The molecule has 2 heteroatoms. The molecule has 0 bridgehead atoms. The van der Waals surface area contributed by atoms with E-state index in [0.717, 1.165) is 11.3 Å². The van der Waals surface area contributed by atoms with E-state index in [2.05, 4.69) is 63.3 Å². The monoisotopic (exact) mass is 269 g/mol. The van der Waals surface area contributed by atoms with Crippen LogP contribution in [0.4, 0.5) is 5.69 Å². The van der Waals surface area contributed by atoms with Crippen LogP contribution in [0.3, 0.4) is 0 Å². The Kier molecular flexibility index (Phi) is 4.46. The highest BCUT2D eigenvalue weighted by Gasteiger charge is 2.09. The van der Waals surface area contributed by atoms with E-state index in [4.69, 9.17) is 0 Å². The van der Waals surface area contributed by atoms with Gasteiger partial charge in [0.15, 0.2) is 0 Å². The Morgan fingerprint density at radius 3 is 2.30 bits per heavy atom. The molecular weight excluding hydrogens is 246 g/mol. The second-order valence-corrected chi connectivity index (χ2v) is 5.56. The molecule has 2 aromatic rings. The molecule has 2 rings (SSSR count). The first kappa shape index (κ1) is 14.6. The smallest absolute Gasteiger partial charge is 0.0962 e. The zero-order valence-electron chi connectivity index (χ0n) is 12.7. The third-order valence-electron chi connectivity index (χ3n) is 3.78. The minimum absolute atomic E-state index is 0.491. The maximum atomic E-state index is 10.3. The van der Waals surface area contributed by atoms with Crippen LogP contribution in [0.15, 0.2) is 36.4 Å². The van der Waals surface area contributed by atoms with Crippen molar-refractivity contribution >= 4 is 5.69 Å². The van der Waals surface area contributed by atoms with Gasteiger partial charge in [0, 0.05) is 12.2 Å².